The van der Waals surface area contributed by atoms with E-state index in [9.17, 15) is 4.79 Å². The Morgan fingerprint density at radius 3 is 2.70 bits per heavy atom. The highest BCUT2D eigenvalue weighted by Crippen LogP contribution is 2.33. The van der Waals surface area contributed by atoms with Crippen LogP contribution in [0.15, 0.2) is 36.7 Å². The SMILES string of the molecule is CC(C)NC(=O)c1cncc(-c2cccc(Cl)c2Cl)c1. The van der Waals surface area contributed by atoms with Crippen molar-refractivity contribution >= 4 is 29.1 Å². The molecule has 1 aromatic heterocycles. The number of halogens is 2. The third kappa shape index (κ3) is 3.30. The van der Waals surface area contributed by atoms with E-state index >= 15 is 0 Å². The standard InChI is InChI=1S/C15H14Cl2N2O/c1-9(2)19-15(20)11-6-10(7-18-8-11)12-4-3-5-13(16)14(12)17/h3-9H,1-2H3,(H,19,20). The summed E-state index contributed by atoms with van der Waals surface area (Å²) in [6.45, 7) is 3.81. The molecule has 0 aliphatic heterocycles. The van der Waals surface area contributed by atoms with Crippen LogP contribution in [0.5, 0.6) is 0 Å². The molecule has 0 fully saturated rings. The highest BCUT2D eigenvalue weighted by molar-refractivity contribution is 6.43. The van der Waals surface area contributed by atoms with Gasteiger partial charge in [0.2, 0.25) is 0 Å². The fraction of sp³-hybridized carbons (Fsp3) is 0.200. The van der Waals surface area contributed by atoms with E-state index in [2.05, 4.69) is 10.3 Å². The topological polar surface area (TPSA) is 42.0 Å². The Hall–Kier alpha value is -1.58. The van der Waals surface area contributed by atoms with Gasteiger partial charge in [-0.25, -0.2) is 0 Å². The van der Waals surface area contributed by atoms with Gasteiger partial charge in [-0.15, -0.1) is 0 Å². The number of carbonyl (C=O) groups is 1. The number of amides is 1. The molecule has 104 valence electrons. The minimum Gasteiger partial charge on any atom is -0.350 e. The Morgan fingerprint density at radius 1 is 1.25 bits per heavy atom. The molecule has 2 rings (SSSR count). The number of carbonyl (C=O) groups excluding carboxylic acids is 1. The molecule has 3 nitrogen and oxygen atoms in total. The van der Waals surface area contributed by atoms with Gasteiger partial charge < -0.3 is 5.32 Å². The van der Waals surface area contributed by atoms with Gasteiger partial charge in [-0.2, -0.15) is 0 Å². The molecule has 20 heavy (non-hydrogen) atoms. The molecule has 5 heteroatoms. The largest absolute Gasteiger partial charge is 0.350 e. The normalized spacial score (nSPS) is 10.7. The molecular formula is C15H14Cl2N2O. The average molecular weight is 309 g/mol. The van der Waals surface area contributed by atoms with Crippen LogP contribution in [0.25, 0.3) is 11.1 Å². The first-order valence-corrected chi connectivity index (χ1v) is 6.95. The quantitative estimate of drug-likeness (QED) is 0.923. The molecular weight excluding hydrogens is 295 g/mol. The lowest BCUT2D eigenvalue weighted by molar-refractivity contribution is 0.0943. The van der Waals surface area contributed by atoms with Crippen molar-refractivity contribution in [2.45, 2.75) is 19.9 Å². The third-order valence-corrected chi connectivity index (χ3v) is 3.50. The minimum atomic E-state index is -0.160. The van der Waals surface area contributed by atoms with E-state index in [1.165, 1.54) is 6.20 Å². The van der Waals surface area contributed by atoms with Crippen molar-refractivity contribution in [2.75, 3.05) is 0 Å². The number of benzene rings is 1. The van der Waals surface area contributed by atoms with E-state index in [-0.39, 0.29) is 11.9 Å². The summed E-state index contributed by atoms with van der Waals surface area (Å²) in [5.41, 5.74) is 2.01. The summed E-state index contributed by atoms with van der Waals surface area (Å²) in [7, 11) is 0. The molecule has 0 aliphatic rings. The van der Waals surface area contributed by atoms with E-state index in [1.54, 1.807) is 18.3 Å². The van der Waals surface area contributed by atoms with Crippen LogP contribution in [-0.2, 0) is 0 Å². The van der Waals surface area contributed by atoms with Crippen LogP contribution in [0.4, 0.5) is 0 Å². The molecule has 0 radical (unpaired) electrons. The molecule has 0 aliphatic carbocycles. The molecule has 1 N–H and O–H groups in total. The van der Waals surface area contributed by atoms with Crippen molar-refractivity contribution < 1.29 is 4.79 Å². The molecule has 2 aromatic rings. The van der Waals surface area contributed by atoms with Crippen LogP contribution in [0.1, 0.15) is 24.2 Å². The van der Waals surface area contributed by atoms with E-state index in [1.807, 2.05) is 26.0 Å². The maximum Gasteiger partial charge on any atom is 0.253 e. The number of nitrogens with one attached hydrogen (secondary N) is 1. The van der Waals surface area contributed by atoms with Gasteiger partial charge in [-0.05, 0) is 26.0 Å². The predicted octanol–water partition coefficient (Wildman–Crippen LogP) is 4.19. The number of pyridine rings is 1. The first kappa shape index (κ1) is 14.8. The Morgan fingerprint density at radius 2 is 2.00 bits per heavy atom. The summed E-state index contributed by atoms with van der Waals surface area (Å²) in [4.78, 5) is 16.1. The Balaban J connectivity index is 2.39. The molecule has 1 aromatic carbocycles. The Labute approximate surface area is 127 Å². The van der Waals surface area contributed by atoms with E-state index in [0.29, 0.717) is 15.6 Å². The second-order valence-electron chi connectivity index (χ2n) is 4.69. The Kier molecular flexibility index (Phi) is 4.63. The Bertz CT molecular complexity index is 642. The zero-order chi connectivity index (χ0) is 14.7. The van der Waals surface area contributed by atoms with Crippen molar-refractivity contribution in [3.63, 3.8) is 0 Å². The first-order chi connectivity index (χ1) is 9.49. The lowest BCUT2D eigenvalue weighted by atomic mass is 10.1. The third-order valence-electron chi connectivity index (χ3n) is 2.68. The molecule has 0 saturated heterocycles. The summed E-state index contributed by atoms with van der Waals surface area (Å²) in [6, 6.07) is 7.19. The number of aromatic nitrogens is 1. The van der Waals surface area contributed by atoms with Gasteiger partial charge in [0.1, 0.15) is 0 Å². The lowest BCUT2D eigenvalue weighted by Gasteiger charge is -2.10. The maximum atomic E-state index is 12.0. The van der Waals surface area contributed by atoms with E-state index < -0.39 is 0 Å². The smallest absolute Gasteiger partial charge is 0.253 e. The summed E-state index contributed by atoms with van der Waals surface area (Å²) < 4.78 is 0. The van der Waals surface area contributed by atoms with Gasteiger partial charge in [0.25, 0.3) is 5.91 Å². The zero-order valence-electron chi connectivity index (χ0n) is 11.2. The second-order valence-corrected chi connectivity index (χ2v) is 5.48. The van der Waals surface area contributed by atoms with Gasteiger partial charge in [-0.1, -0.05) is 35.3 Å². The number of hydrogen-bond donors (Lipinski definition) is 1. The average Bonchev–Trinajstić information content (AvgIpc) is 2.41. The van der Waals surface area contributed by atoms with Gasteiger partial charge in [0, 0.05) is 29.6 Å². The number of rotatable bonds is 3. The fourth-order valence-corrected chi connectivity index (χ4v) is 2.19. The van der Waals surface area contributed by atoms with Crippen LogP contribution in [-0.4, -0.2) is 16.9 Å². The van der Waals surface area contributed by atoms with E-state index in [0.717, 1.165) is 11.1 Å². The lowest BCUT2D eigenvalue weighted by Crippen LogP contribution is -2.30. The van der Waals surface area contributed by atoms with Gasteiger partial charge in [0.15, 0.2) is 0 Å². The maximum absolute atomic E-state index is 12.0. The summed E-state index contributed by atoms with van der Waals surface area (Å²) in [5.74, 6) is -0.160. The summed E-state index contributed by atoms with van der Waals surface area (Å²) in [5, 5.41) is 3.75. The van der Waals surface area contributed by atoms with Crippen LogP contribution in [0.2, 0.25) is 10.0 Å². The summed E-state index contributed by atoms with van der Waals surface area (Å²) >= 11 is 12.2. The van der Waals surface area contributed by atoms with Gasteiger partial charge in [0.05, 0.1) is 15.6 Å². The molecule has 1 amide bonds. The minimum absolute atomic E-state index is 0.0703. The van der Waals surface area contributed by atoms with Crippen molar-refractivity contribution in [3.8, 4) is 11.1 Å². The van der Waals surface area contributed by atoms with Crippen LogP contribution >= 0.6 is 23.2 Å². The van der Waals surface area contributed by atoms with Crippen molar-refractivity contribution in [2.24, 2.45) is 0 Å². The molecule has 0 atom stereocenters. The van der Waals surface area contributed by atoms with E-state index in [4.69, 9.17) is 23.2 Å². The van der Waals surface area contributed by atoms with Crippen molar-refractivity contribution in [1.29, 1.82) is 0 Å². The summed E-state index contributed by atoms with van der Waals surface area (Å²) in [6.07, 6.45) is 3.18. The highest BCUT2D eigenvalue weighted by Gasteiger charge is 2.11. The van der Waals surface area contributed by atoms with Gasteiger partial charge >= 0.3 is 0 Å². The van der Waals surface area contributed by atoms with Crippen LogP contribution < -0.4 is 5.32 Å². The number of hydrogen-bond acceptors (Lipinski definition) is 2. The van der Waals surface area contributed by atoms with Gasteiger partial charge in [-0.3, -0.25) is 9.78 Å². The second kappa shape index (κ2) is 6.25. The zero-order valence-corrected chi connectivity index (χ0v) is 12.7. The predicted molar refractivity (Wildman–Crippen MR) is 82.3 cm³/mol. The highest BCUT2D eigenvalue weighted by atomic mass is 35.5. The van der Waals surface area contributed by atoms with Crippen molar-refractivity contribution in [1.82, 2.24) is 10.3 Å². The molecule has 0 saturated carbocycles. The van der Waals surface area contributed by atoms with Crippen molar-refractivity contribution in [3.05, 3.63) is 52.3 Å². The molecule has 0 spiro atoms. The molecule has 0 unspecified atom stereocenters. The molecule has 1 heterocycles. The van der Waals surface area contributed by atoms with Crippen LogP contribution in [0, 0.1) is 0 Å². The monoisotopic (exact) mass is 308 g/mol. The number of nitrogens with zero attached hydrogens (tertiary/aromatic N) is 1. The first-order valence-electron chi connectivity index (χ1n) is 6.19. The van der Waals surface area contributed by atoms with Crippen LogP contribution in [0.3, 0.4) is 0 Å². The molecule has 0 bridgehead atoms. The fourth-order valence-electron chi connectivity index (χ4n) is 1.78.